The summed E-state index contributed by atoms with van der Waals surface area (Å²) >= 11 is 0. The van der Waals surface area contributed by atoms with Crippen LogP contribution >= 0.6 is 0 Å². The standard InChI is InChI=1S/C11H10N4O2/c1-2-6-14(8-11(16)17)9-4-7-15-10(13-9)3-5-12-15/h1,3-5,7H,6,8H2,(H,16,17). The summed E-state index contributed by atoms with van der Waals surface area (Å²) in [6.45, 7) is 0.0190. The molecular weight excluding hydrogens is 220 g/mol. The molecule has 2 rings (SSSR count). The van der Waals surface area contributed by atoms with E-state index in [1.165, 1.54) is 4.90 Å². The van der Waals surface area contributed by atoms with Gasteiger partial charge in [0, 0.05) is 12.3 Å². The smallest absolute Gasteiger partial charge is 0.323 e. The average molecular weight is 230 g/mol. The lowest BCUT2D eigenvalue weighted by Crippen LogP contribution is -2.30. The highest BCUT2D eigenvalue weighted by atomic mass is 16.4. The number of anilines is 1. The van der Waals surface area contributed by atoms with Gasteiger partial charge in [0.05, 0.1) is 12.7 Å². The third-order valence-electron chi connectivity index (χ3n) is 2.18. The van der Waals surface area contributed by atoms with Crippen LogP contribution in [0.25, 0.3) is 5.65 Å². The summed E-state index contributed by atoms with van der Waals surface area (Å²) in [7, 11) is 0. The molecule has 0 spiro atoms. The summed E-state index contributed by atoms with van der Waals surface area (Å²) in [6, 6.07) is 3.42. The molecule has 0 aliphatic heterocycles. The molecule has 86 valence electrons. The molecule has 2 aromatic rings. The Hall–Kier alpha value is -2.55. The van der Waals surface area contributed by atoms with Crippen LogP contribution in [0.1, 0.15) is 0 Å². The van der Waals surface area contributed by atoms with Crippen LogP contribution in [0.5, 0.6) is 0 Å². The minimum Gasteiger partial charge on any atom is -0.480 e. The molecule has 0 atom stereocenters. The lowest BCUT2D eigenvalue weighted by atomic mass is 10.4. The van der Waals surface area contributed by atoms with E-state index in [0.29, 0.717) is 11.5 Å². The monoisotopic (exact) mass is 230 g/mol. The first kappa shape index (κ1) is 11.0. The van der Waals surface area contributed by atoms with Crippen molar-refractivity contribution >= 4 is 17.4 Å². The van der Waals surface area contributed by atoms with Crippen molar-refractivity contribution in [2.75, 3.05) is 18.0 Å². The lowest BCUT2D eigenvalue weighted by molar-refractivity contribution is -0.135. The van der Waals surface area contributed by atoms with Crippen molar-refractivity contribution in [2.24, 2.45) is 0 Å². The number of hydrogen-bond donors (Lipinski definition) is 1. The van der Waals surface area contributed by atoms with Gasteiger partial charge in [-0.15, -0.1) is 6.42 Å². The normalized spacial score (nSPS) is 10.1. The molecule has 0 amide bonds. The Morgan fingerprint density at radius 1 is 1.59 bits per heavy atom. The van der Waals surface area contributed by atoms with Crippen molar-refractivity contribution in [3.63, 3.8) is 0 Å². The fourth-order valence-corrected chi connectivity index (χ4v) is 1.47. The van der Waals surface area contributed by atoms with Gasteiger partial charge < -0.3 is 10.0 Å². The van der Waals surface area contributed by atoms with Gasteiger partial charge in [0.1, 0.15) is 12.4 Å². The summed E-state index contributed by atoms with van der Waals surface area (Å²) in [5, 5.41) is 12.8. The van der Waals surface area contributed by atoms with E-state index in [1.807, 2.05) is 0 Å². The molecule has 1 N–H and O–H groups in total. The Balaban J connectivity index is 2.34. The zero-order valence-electron chi connectivity index (χ0n) is 8.95. The number of carboxylic acids is 1. The number of fused-ring (bicyclic) bond motifs is 1. The maximum Gasteiger partial charge on any atom is 0.323 e. The van der Waals surface area contributed by atoms with Crippen LogP contribution in [0.15, 0.2) is 24.5 Å². The van der Waals surface area contributed by atoms with Gasteiger partial charge in [0.15, 0.2) is 5.65 Å². The van der Waals surface area contributed by atoms with Crippen LogP contribution in [-0.4, -0.2) is 38.8 Å². The second-order valence-electron chi connectivity index (χ2n) is 3.37. The Bertz CT molecular complexity index is 584. The minimum atomic E-state index is -0.949. The van der Waals surface area contributed by atoms with Gasteiger partial charge >= 0.3 is 5.97 Å². The van der Waals surface area contributed by atoms with Gasteiger partial charge in [-0.05, 0) is 6.07 Å². The Kier molecular flexibility index (Phi) is 2.92. The van der Waals surface area contributed by atoms with Gasteiger partial charge in [-0.1, -0.05) is 5.92 Å². The summed E-state index contributed by atoms with van der Waals surface area (Å²) in [5.41, 5.74) is 0.648. The second-order valence-corrected chi connectivity index (χ2v) is 3.37. The fraction of sp³-hybridized carbons (Fsp3) is 0.182. The molecule has 2 heterocycles. The van der Waals surface area contributed by atoms with E-state index in [4.69, 9.17) is 11.5 Å². The highest BCUT2D eigenvalue weighted by Crippen LogP contribution is 2.11. The molecule has 6 heteroatoms. The molecule has 0 saturated carbocycles. The second kappa shape index (κ2) is 4.53. The molecule has 17 heavy (non-hydrogen) atoms. The molecule has 0 aliphatic rings. The minimum absolute atomic E-state index is 0.179. The van der Waals surface area contributed by atoms with Gasteiger partial charge in [-0.2, -0.15) is 5.10 Å². The fourth-order valence-electron chi connectivity index (χ4n) is 1.47. The molecule has 0 unspecified atom stereocenters. The number of terminal acetylenes is 1. The predicted molar refractivity (Wildman–Crippen MR) is 61.7 cm³/mol. The predicted octanol–water partition coefficient (Wildman–Crippen LogP) is 0.253. The van der Waals surface area contributed by atoms with Gasteiger partial charge in [-0.25, -0.2) is 9.50 Å². The van der Waals surface area contributed by atoms with Crippen molar-refractivity contribution in [1.82, 2.24) is 14.6 Å². The third kappa shape index (κ3) is 2.34. The average Bonchev–Trinajstić information content (AvgIpc) is 2.74. The molecule has 0 aromatic carbocycles. The summed E-state index contributed by atoms with van der Waals surface area (Å²) in [6.07, 6.45) is 8.54. The Morgan fingerprint density at radius 2 is 2.41 bits per heavy atom. The van der Waals surface area contributed by atoms with E-state index in [1.54, 1.807) is 29.0 Å². The number of carbonyl (C=O) groups is 1. The maximum atomic E-state index is 10.7. The van der Waals surface area contributed by atoms with Gasteiger partial charge in [0.25, 0.3) is 0 Å². The zero-order valence-corrected chi connectivity index (χ0v) is 8.95. The van der Waals surface area contributed by atoms with Crippen LogP contribution in [-0.2, 0) is 4.79 Å². The molecule has 0 radical (unpaired) electrons. The van der Waals surface area contributed by atoms with Crippen molar-refractivity contribution in [1.29, 1.82) is 0 Å². The van der Waals surface area contributed by atoms with Crippen LogP contribution < -0.4 is 4.90 Å². The van der Waals surface area contributed by atoms with E-state index in [9.17, 15) is 4.79 Å². The number of carboxylic acid groups (broad SMARTS) is 1. The van der Waals surface area contributed by atoms with Crippen LogP contribution in [0.2, 0.25) is 0 Å². The van der Waals surface area contributed by atoms with Crippen LogP contribution in [0.3, 0.4) is 0 Å². The lowest BCUT2D eigenvalue weighted by Gasteiger charge is -2.18. The number of rotatable bonds is 4. The van der Waals surface area contributed by atoms with E-state index in [2.05, 4.69) is 16.0 Å². The number of hydrogen-bond acceptors (Lipinski definition) is 4. The van der Waals surface area contributed by atoms with Crippen LogP contribution in [0, 0.1) is 12.3 Å². The highest BCUT2D eigenvalue weighted by Gasteiger charge is 2.11. The van der Waals surface area contributed by atoms with Crippen molar-refractivity contribution < 1.29 is 9.90 Å². The number of nitrogens with zero attached hydrogens (tertiary/aromatic N) is 4. The zero-order chi connectivity index (χ0) is 12.3. The first-order chi connectivity index (χ1) is 8.20. The van der Waals surface area contributed by atoms with Crippen molar-refractivity contribution in [2.45, 2.75) is 0 Å². The summed E-state index contributed by atoms with van der Waals surface area (Å²) in [4.78, 5) is 16.5. The molecular formula is C11H10N4O2. The van der Waals surface area contributed by atoms with E-state index >= 15 is 0 Å². The molecule has 2 aromatic heterocycles. The number of aromatic nitrogens is 3. The summed E-state index contributed by atoms with van der Waals surface area (Å²) < 4.78 is 1.60. The first-order valence-corrected chi connectivity index (χ1v) is 4.91. The Labute approximate surface area is 97.5 Å². The Morgan fingerprint density at radius 3 is 3.12 bits per heavy atom. The summed E-state index contributed by atoms with van der Waals surface area (Å²) in [5.74, 6) is 1.99. The molecule has 6 nitrogen and oxygen atoms in total. The first-order valence-electron chi connectivity index (χ1n) is 4.91. The molecule has 0 saturated heterocycles. The molecule has 0 aliphatic carbocycles. The SMILES string of the molecule is C#CCN(CC(=O)O)c1ccn2nccc2n1. The van der Waals surface area contributed by atoms with E-state index < -0.39 is 5.97 Å². The van der Waals surface area contributed by atoms with Crippen molar-refractivity contribution in [3.05, 3.63) is 24.5 Å². The molecule has 0 fully saturated rings. The van der Waals surface area contributed by atoms with E-state index in [0.717, 1.165) is 0 Å². The maximum absolute atomic E-state index is 10.7. The quantitative estimate of drug-likeness (QED) is 0.762. The third-order valence-corrected chi connectivity index (χ3v) is 2.18. The van der Waals surface area contributed by atoms with E-state index in [-0.39, 0.29) is 13.1 Å². The van der Waals surface area contributed by atoms with Crippen molar-refractivity contribution in [3.8, 4) is 12.3 Å². The number of aliphatic carboxylic acids is 1. The van der Waals surface area contributed by atoms with Crippen LogP contribution in [0.4, 0.5) is 5.82 Å². The topological polar surface area (TPSA) is 70.7 Å². The van der Waals surface area contributed by atoms with Gasteiger partial charge in [0.2, 0.25) is 0 Å². The van der Waals surface area contributed by atoms with Gasteiger partial charge in [-0.3, -0.25) is 4.79 Å². The molecule has 0 bridgehead atoms. The highest BCUT2D eigenvalue weighted by molar-refractivity contribution is 5.73. The largest absolute Gasteiger partial charge is 0.480 e.